The zero-order chi connectivity index (χ0) is 15.2. The van der Waals surface area contributed by atoms with Crippen LogP contribution in [-0.4, -0.2) is 41.2 Å². The normalized spacial score (nSPS) is 19.4. The number of nitro groups is 1. The third kappa shape index (κ3) is 4.15. The minimum atomic E-state index is -0.395. The van der Waals surface area contributed by atoms with E-state index in [4.69, 9.17) is 9.84 Å². The monoisotopic (exact) mass is 294 g/mol. The van der Waals surface area contributed by atoms with Crippen LogP contribution in [0.4, 0.5) is 5.69 Å². The predicted octanol–water partition coefficient (Wildman–Crippen LogP) is 2.34. The van der Waals surface area contributed by atoms with Crippen molar-refractivity contribution in [2.24, 2.45) is 0 Å². The summed E-state index contributed by atoms with van der Waals surface area (Å²) in [5.41, 5.74) is 0.936. The van der Waals surface area contributed by atoms with Crippen LogP contribution in [-0.2, 0) is 6.54 Å². The van der Waals surface area contributed by atoms with Crippen molar-refractivity contribution in [3.8, 4) is 5.75 Å². The third-order valence-corrected chi connectivity index (χ3v) is 3.99. The predicted molar refractivity (Wildman–Crippen MR) is 79.4 cm³/mol. The van der Waals surface area contributed by atoms with Crippen LogP contribution in [0, 0.1) is 10.1 Å². The van der Waals surface area contributed by atoms with Crippen molar-refractivity contribution in [3.63, 3.8) is 0 Å². The number of piperidine rings is 1. The van der Waals surface area contributed by atoms with E-state index in [0.717, 1.165) is 31.4 Å². The molecule has 1 atom stereocenters. The molecule has 1 unspecified atom stereocenters. The molecule has 6 nitrogen and oxygen atoms in total. The number of ether oxygens (including phenoxy) is 1. The van der Waals surface area contributed by atoms with E-state index in [2.05, 4.69) is 4.90 Å². The van der Waals surface area contributed by atoms with Crippen LogP contribution in [0.3, 0.4) is 0 Å². The van der Waals surface area contributed by atoms with E-state index in [1.807, 2.05) is 6.07 Å². The minimum Gasteiger partial charge on any atom is -0.496 e. The largest absolute Gasteiger partial charge is 0.496 e. The fourth-order valence-electron chi connectivity index (χ4n) is 2.94. The summed E-state index contributed by atoms with van der Waals surface area (Å²) in [6.45, 7) is 1.80. The van der Waals surface area contributed by atoms with Gasteiger partial charge in [0.25, 0.3) is 5.69 Å². The molecule has 21 heavy (non-hydrogen) atoms. The first kappa shape index (κ1) is 15.7. The Balaban J connectivity index is 2.16. The highest BCUT2D eigenvalue weighted by Gasteiger charge is 2.22. The Morgan fingerprint density at radius 3 is 2.90 bits per heavy atom. The van der Waals surface area contributed by atoms with Gasteiger partial charge in [-0.05, 0) is 37.4 Å². The van der Waals surface area contributed by atoms with Gasteiger partial charge in [-0.2, -0.15) is 0 Å². The molecule has 0 bridgehead atoms. The average molecular weight is 294 g/mol. The number of likely N-dealkylation sites (tertiary alicyclic amines) is 1. The fraction of sp³-hybridized carbons (Fsp3) is 0.600. The summed E-state index contributed by atoms with van der Waals surface area (Å²) in [6, 6.07) is 5.24. The summed E-state index contributed by atoms with van der Waals surface area (Å²) < 4.78 is 5.15. The second-order valence-electron chi connectivity index (χ2n) is 5.43. The molecule has 0 radical (unpaired) electrons. The van der Waals surface area contributed by atoms with Gasteiger partial charge in [-0.25, -0.2) is 0 Å². The molecule has 1 aromatic rings. The lowest BCUT2D eigenvalue weighted by molar-refractivity contribution is -0.385. The van der Waals surface area contributed by atoms with E-state index < -0.39 is 4.92 Å². The van der Waals surface area contributed by atoms with Gasteiger partial charge in [-0.1, -0.05) is 6.42 Å². The Morgan fingerprint density at radius 1 is 1.43 bits per heavy atom. The van der Waals surface area contributed by atoms with Crippen LogP contribution in [0.15, 0.2) is 18.2 Å². The number of aliphatic hydroxyl groups is 1. The number of methoxy groups -OCH3 is 1. The number of aliphatic hydroxyl groups excluding tert-OH is 1. The Hall–Kier alpha value is -1.66. The van der Waals surface area contributed by atoms with E-state index in [-0.39, 0.29) is 12.3 Å². The van der Waals surface area contributed by atoms with Gasteiger partial charge in [0.15, 0.2) is 0 Å². The second kappa shape index (κ2) is 7.38. The minimum absolute atomic E-state index is 0.0556. The number of hydrogen-bond donors (Lipinski definition) is 1. The van der Waals surface area contributed by atoms with Crippen molar-refractivity contribution in [3.05, 3.63) is 33.9 Å². The molecule has 0 spiro atoms. The van der Waals surface area contributed by atoms with Crippen LogP contribution >= 0.6 is 0 Å². The molecule has 1 N–H and O–H groups in total. The average Bonchev–Trinajstić information content (AvgIpc) is 2.49. The molecule has 116 valence electrons. The van der Waals surface area contributed by atoms with Gasteiger partial charge in [-0.3, -0.25) is 15.0 Å². The Bertz CT molecular complexity index is 491. The highest BCUT2D eigenvalue weighted by atomic mass is 16.6. The summed E-state index contributed by atoms with van der Waals surface area (Å²) in [6.07, 6.45) is 4.14. The van der Waals surface area contributed by atoms with Gasteiger partial charge < -0.3 is 9.84 Å². The molecule has 2 rings (SSSR count). The quantitative estimate of drug-likeness (QED) is 0.644. The van der Waals surface area contributed by atoms with E-state index >= 15 is 0 Å². The number of non-ortho nitro benzene ring substituents is 1. The smallest absolute Gasteiger partial charge is 0.273 e. The van der Waals surface area contributed by atoms with E-state index in [1.165, 1.54) is 19.6 Å². The molecule has 1 aromatic carbocycles. The van der Waals surface area contributed by atoms with Crippen molar-refractivity contribution >= 4 is 5.69 Å². The lowest BCUT2D eigenvalue weighted by atomic mass is 9.98. The highest BCUT2D eigenvalue weighted by Crippen LogP contribution is 2.26. The molecule has 1 aliphatic heterocycles. The summed E-state index contributed by atoms with van der Waals surface area (Å²) >= 11 is 0. The SMILES string of the molecule is COc1cc(CN2CCCCC2CCO)cc([N+](=O)[O-])c1. The number of nitrogens with zero attached hydrogens (tertiary/aromatic N) is 2. The lowest BCUT2D eigenvalue weighted by Crippen LogP contribution is -2.39. The molecular weight excluding hydrogens is 272 g/mol. The van der Waals surface area contributed by atoms with Crippen LogP contribution < -0.4 is 4.74 Å². The standard InChI is InChI=1S/C15H22N2O4/c1-21-15-9-12(8-14(10-15)17(19)20)11-16-6-3-2-4-13(16)5-7-18/h8-10,13,18H,2-7,11H2,1H3. The molecule has 1 saturated heterocycles. The topological polar surface area (TPSA) is 75.8 Å². The van der Waals surface area contributed by atoms with Crippen LogP contribution in [0.1, 0.15) is 31.2 Å². The zero-order valence-electron chi connectivity index (χ0n) is 12.3. The Morgan fingerprint density at radius 2 is 2.24 bits per heavy atom. The van der Waals surface area contributed by atoms with Crippen molar-refractivity contribution in [1.29, 1.82) is 0 Å². The van der Waals surface area contributed by atoms with Gasteiger partial charge >= 0.3 is 0 Å². The molecule has 0 aromatic heterocycles. The van der Waals surface area contributed by atoms with E-state index in [9.17, 15) is 10.1 Å². The molecule has 1 heterocycles. The molecule has 6 heteroatoms. The van der Waals surface area contributed by atoms with Crippen molar-refractivity contribution in [1.82, 2.24) is 4.90 Å². The number of rotatable bonds is 6. The van der Waals surface area contributed by atoms with Crippen molar-refractivity contribution in [2.75, 3.05) is 20.3 Å². The molecular formula is C15H22N2O4. The highest BCUT2D eigenvalue weighted by molar-refractivity contribution is 5.42. The first-order valence-corrected chi connectivity index (χ1v) is 7.31. The summed E-state index contributed by atoms with van der Waals surface area (Å²) in [5, 5.41) is 20.1. The number of benzene rings is 1. The van der Waals surface area contributed by atoms with Gasteiger partial charge in [0.05, 0.1) is 18.1 Å². The molecule has 0 amide bonds. The summed E-state index contributed by atoms with van der Waals surface area (Å²) in [4.78, 5) is 12.9. The van der Waals surface area contributed by atoms with Crippen LogP contribution in [0.25, 0.3) is 0 Å². The number of nitro benzene ring substituents is 1. The maximum atomic E-state index is 11.0. The molecule has 0 aliphatic carbocycles. The van der Waals surface area contributed by atoms with Gasteiger partial charge in [0.2, 0.25) is 0 Å². The zero-order valence-corrected chi connectivity index (χ0v) is 12.3. The maximum Gasteiger partial charge on any atom is 0.273 e. The van der Waals surface area contributed by atoms with Crippen molar-refractivity contribution < 1.29 is 14.8 Å². The number of hydrogen-bond acceptors (Lipinski definition) is 5. The maximum absolute atomic E-state index is 11.0. The summed E-state index contributed by atoms with van der Waals surface area (Å²) in [5.74, 6) is 0.509. The first-order valence-electron chi connectivity index (χ1n) is 7.31. The molecule has 1 aliphatic rings. The summed E-state index contributed by atoms with van der Waals surface area (Å²) in [7, 11) is 1.51. The van der Waals surface area contributed by atoms with Gasteiger partial charge in [0.1, 0.15) is 5.75 Å². The Labute approximate surface area is 124 Å². The van der Waals surface area contributed by atoms with Crippen molar-refractivity contribution in [2.45, 2.75) is 38.3 Å². The molecule has 0 saturated carbocycles. The van der Waals surface area contributed by atoms with E-state index in [0.29, 0.717) is 18.3 Å². The van der Waals surface area contributed by atoms with Crippen LogP contribution in [0.5, 0.6) is 5.75 Å². The van der Waals surface area contributed by atoms with Gasteiger partial charge in [-0.15, -0.1) is 0 Å². The van der Waals surface area contributed by atoms with E-state index in [1.54, 1.807) is 6.07 Å². The third-order valence-electron chi connectivity index (χ3n) is 3.99. The van der Waals surface area contributed by atoms with Crippen LogP contribution in [0.2, 0.25) is 0 Å². The second-order valence-corrected chi connectivity index (χ2v) is 5.43. The van der Waals surface area contributed by atoms with Gasteiger partial charge in [0, 0.05) is 25.3 Å². The fourth-order valence-corrected chi connectivity index (χ4v) is 2.94. The first-order chi connectivity index (χ1) is 10.1. The Kier molecular flexibility index (Phi) is 5.52. The lowest BCUT2D eigenvalue weighted by Gasteiger charge is -2.35. The molecule has 1 fully saturated rings.